The first kappa shape index (κ1) is 26.8. The van der Waals surface area contributed by atoms with Gasteiger partial charge in [0.25, 0.3) is 0 Å². The van der Waals surface area contributed by atoms with Crippen molar-refractivity contribution in [1.29, 1.82) is 0 Å². The van der Waals surface area contributed by atoms with Crippen molar-refractivity contribution < 1.29 is 33.6 Å². The Hall–Kier alpha value is -4.79. The molecule has 3 aromatic carbocycles. The zero-order chi connectivity index (χ0) is 26.9. The number of amides is 1. The summed E-state index contributed by atoms with van der Waals surface area (Å²) >= 11 is 0. The van der Waals surface area contributed by atoms with Gasteiger partial charge >= 0.3 is 0 Å². The van der Waals surface area contributed by atoms with Gasteiger partial charge in [-0.05, 0) is 59.2 Å². The number of hydrogen-bond donors (Lipinski definition) is 3. The number of benzene rings is 3. The quantitative estimate of drug-likeness (QED) is 0.155. The van der Waals surface area contributed by atoms with Gasteiger partial charge in [0.15, 0.2) is 23.0 Å². The number of carbonyl (C=O) groups excluding carboxylic acids is 1. The fraction of sp³-hybridized carbons (Fsp3) is 0.179. The number of nitrogen functional groups attached to an aromatic ring is 1. The second kappa shape index (κ2) is 12.3. The smallest absolute Gasteiger partial charge is 0.248 e. The van der Waals surface area contributed by atoms with Crippen molar-refractivity contribution in [2.45, 2.75) is 0 Å². The molecule has 0 heterocycles. The summed E-state index contributed by atoms with van der Waals surface area (Å²) in [4.78, 5) is 12.5. The topological polar surface area (TPSA) is 122 Å². The summed E-state index contributed by atoms with van der Waals surface area (Å²) < 4.78 is 26.6. The lowest BCUT2D eigenvalue weighted by molar-refractivity contribution is -0.111. The van der Waals surface area contributed by atoms with E-state index in [2.05, 4.69) is 5.32 Å². The second-order valence-electron chi connectivity index (χ2n) is 7.74. The predicted octanol–water partition coefficient (Wildman–Crippen LogP) is 4.84. The minimum Gasteiger partial charge on any atom is -0.506 e. The highest BCUT2D eigenvalue weighted by molar-refractivity contribution is 6.03. The zero-order valence-corrected chi connectivity index (χ0v) is 21.3. The standard InChI is InChI=1S/C28H30N2O7/c1-33-23-14-18(12-20(29)27(23)36-4)9-11-26(32)30-21-13-17(8-10-22(21)31)6-7-19-15-24(34-2)28(37-5)25(16-19)35-3/h6-16,31H,29H2,1-5H3,(H,30,32)/b7-6+,11-9+. The van der Waals surface area contributed by atoms with E-state index in [0.717, 1.165) is 11.1 Å². The molecule has 3 rings (SSSR count). The number of carbonyl (C=O) groups is 1. The van der Waals surface area contributed by atoms with Crippen LogP contribution in [0.4, 0.5) is 11.4 Å². The Labute approximate surface area is 215 Å². The molecule has 0 bridgehead atoms. The summed E-state index contributed by atoms with van der Waals surface area (Å²) in [5.41, 5.74) is 8.84. The summed E-state index contributed by atoms with van der Waals surface area (Å²) in [6.07, 6.45) is 6.60. The van der Waals surface area contributed by atoms with Gasteiger partial charge in [-0.3, -0.25) is 4.79 Å². The van der Waals surface area contributed by atoms with Crippen molar-refractivity contribution in [3.8, 4) is 34.5 Å². The molecule has 9 nitrogen and oxygen atoms in total. The third kappa shape index (κ3) is 6.46. The van der Waals surface area contributed by atoms with E-state index in [9.17, 15) is 9.90 Å². The molecule has 194 valence electrons. The molecule has 0 unspecified atom stereocenters. The fourth-order valence-electron chi connectivity index (χ4n) is 3.61. The van der Waals surface area contributed by atoms with Crippen LogP contribution in [0.25, 0.3) is 18.2 Å². The number of nitrogens with two attached hydrogens (primary N) is 1. The average molecular weight is 507 g/mol. The van der Waals surface area contributed by atoms with E-state index in [1.165, 1.54) is 26.4 Å². The third-order valence-corrected chi connectivity index (χ3v) is 5.39. The first-order valence-electron chi connectivity index (χ1n) is 11.1. The monoisotopic (exact) mass is 506 g/mol. The summed E-state index contributed by atoms with van der Waals surface area (Å²) in [6.45, 7) is 0. The number of phenolic OH excluding ortho intramolecular Hbond substituents is 1. The van der Waals surface area contributed by atoms with E-state index in [4.69, 9.17) is 29.4 Å². The van der Waals surface area contributed by atoms with E-state index in [1.54, 1.807) is 51.7 Å². The Kier molecular flexibility index (Phi) is 8.88. The van der Waals surface area contributed by atoms with E-state index in [-0.39, 0.29) is 11.4 Å². The maximum Gasteiger partial charge on any atom is 0.248 e. The highest BCUT2D eigenvalue weighted by Gasteiger charge is 2.12. The van der Waals surface area contributed by atoms with E-state index >= 15 is 0 Å². The molecule has 0 atom stereocenters. The van der Waals surface area contributed by atoms with Crippen LogP contribution in [0.3, 0.4) is 0 Å². The third-order valence-electron chi connectivity index (χ3n) is 5.39. The van der Waals surface area contributed by atoms with Crippen molar-refractivity contribution in [3.63, 3.8) is 0 Å². The number of aromatic hydroxyl groups is 1. The molecule has 1 amide bonds. The van der Waals surface area contributed by atoms with Gasteiger partial charge in [-0.25, -0.2) is 0 Å². The average Bonchev–Trinajstić information content (AvgIpc) is 2.91. The lowest BCUT2D eigenvalue weighted by atomic mass is 10.1. The number of rotatable bonds is 10. The Bertz CT molecular complexity index is 1310. The number of phenols is 1. The largest absolute Gasteiger partial charge is 0.506 e. The molecule has 0 radical (unpaired) electrons. The normalized spacial score (nSPS) is 10.9. The van der Waals surface area contributed by atoms with Crippen LogP contribution in [0.1, 0.15) is 16.7 Å². The van der Waals surface area contributed by atoms with E-state index in [0.29, 0.717) is 40.0 Å². The highest BCUT2D eigenvalue weighted by atomic mass is 16.5. The zero-order valence-electron chi connectivity index (χ0n) is 21.3. The minimum absolute atomic E-state index is 0.0675. The Balaban J connectivity index is 1.78. The molecule has 0 saturated heterocycles. The lowest BCUT2D eigenvalue weighted by Gasteiger charge is -2.13. The molecule has 37 heavy (non-hydrogen) atoms. The molecular formula is C28H30N2O7. The van der Waals surface area contributed by atoms with Gasteiger partial charge in [-0.15, -0.1) is 0 Å². The molecule has 0 aliphatic rings. The van der Waals surface area contributed by atoms with Crippen molar-refractivity contribution >= 4 is 35.5 Å². The number of ether oxygens (including phenoxy) is 5. The molecular weight excluding hydrogens is 476 g/mol. The number of anilines is 2. The summed E-state index contributed by atoms with van der Waals surface area (Å²) in [5.74, 6) is 1.93. The van der Waals surface area contributed by atoms with Gasteiger partial charge in [-0.2, -0.15) is 0 Å². The maximum atomic E-state index is 12.5. The van der Waals surface area contributed by atoms with Gasteiger partial charge in [-0.1, -0.05) is 18.2 Å². The molecule has 0 fully saturated rings. The van der Waals surface area contributed by atoms with Gasteiger partial charge < -0.3 is 39.8 Å². The predicted molar refractivity (Wildman–Crippen MR) is 145 cm³/mol. The highest BCUT2D eigenvalue weighted by Crippen LogP contribution is 2.39. The van der Waals surface area contributed by atoms with Gasteiger partial charge in [0.05, 0.1) is 46.9 Å². The number of hydrogen-bond acceptors (Lipinski definition) is 8. The van der Waals surface area contributed by atoms with Crippen LogP contribution in [-0.2, 0) is 4.79 Å². The number of methoxy groups -OCH3 is 5. The molecule has 0 aliphatic carbocycles. The molecule has 0 saturated carbocycles. The van der Waals surface area contributed by atoms with Gasteiger partial charge in [0.1, 0.15) is 5.75 Å². The summed E-state index contributed by atoms with van der Waals surface area (Å²) in [6, 6.07) is 11.9. The van der Waals surface area contributed by atoms with Crippen LogP contribution in [-0.4, -0.2) is 46.6 Å². The minimum atomic E-state index is -0.436. The Morgan fingerprint density at radius 1 is 0.730 bits per heavy atom. The van der Waals surface area contributed by atoms with E-state index < -0.39 is 5.91 Å². The molecule has 4 N–H and O–H groups in total. The molecule has 0 spiro atoms. The summed E-state index contributed by atoms with van der Waals surface area (Å²) in [5, 5.41) is 12.9. The van der Waals surface area contributed by atoms with Crippen LogP contribution in [0, 0.1) is 0 Å². The fourth-order valence-corrected chi connectivity index (χ4v) is 3.61. The SMILES string of the molecule is COc1cc(/C=C/C(=O)Nc2cc(/C=C/c3cc(OC)c(OC)c(OC)c3)ccc2O)cc(N)c1OC. The molecule has 3 aromatic rings. The second-order valence-corrected chi connectivity index (χ2v) is 7.74. The first-order chi connectivity index (χ1) is 17.8. The van der Waals surface area contributed by atoms with Crippen molar-refractivity contribution in [1.82, 2.24) is 0 Å². The van der Waals surface area contributed by atoms with Crippen LogP contribution in [0.2, 0.25) is 0 Å². The Morgan fingerprint density at radius 3 is 1.84 bits per heavy atom. The van der Waals surface area contributed by atoms with Crippen molar-refractivity contribution in [2.75, 3.05) is 46.6 Å². The van der Waals surface area contributed by atoms with Gasteiger partial charge in [0, 0.05) is 6.08 Å². The first-order valence-corrected chi connectivity index (χ1v) is 11.1. The van der Waals surface area contributed by atoms with Crippen LogP contribution in [0.5, 0.6) is 34.5 Å². The summed E-state index contributed by atoms with van der Waals surface area (Å²) in [7, 11) is 7.64. The maximum absolute atomic E-state index is 12.5. The van der Waals surface area contributed by atoms with Crippen LogP contribution >= 0.6 is 0 Å². The molecule has 0 aromatic heterocycles. The van der Waals surface area contributed by atoms with Crippen LogP contribution in [0.15, 0.2) is 48.5 Å². The van der Waals surface area contributed by atoms with Gasteiger partial charge in [0.2, 0.25) is 11.7 Å². The number of nitrogens with one attached hydrogen (secondary N) is 1. The molecule has 0 aliphatic heterocycles. The van der Waals surface area contributed by atoms with Crippen LogP contribution < -0.4 is 34.7 Å². The van der Waals surface area contributed by atoms with Crippen molar-refractivity contribution in [3.05, 3.63) is 65.2 Å². The lowest BCUT2D eigenvalue weighted by Crippen LogP contribution is -2.08. The molecule has 9 heteroatoms. The van der Waals surface area contributed by atoms with Crippen molar-refractivity contribution in [2.24, 2.45) is 0 Å². The van der Waals surface area contributed by atoms with E-state index in [1.807, 2.05) is 24.3 Å². The Morgan fingerprint density at radius 2 is 1.27 bits per heavy atom.